The maximum absolute atomic E-state index is 9.44. The van der Waals surface area contributed by atoms with Crippen LogP contribution >= 0.6 is 12.2 Å². The quantitative estimate of drug-likeness (QED) is 0.568. The minimum atomic E-state index is -0.484. The highest BCUT2D eigenvalue weighted by molar-refractivity contribution is 7.81. The lowest BCUT2D eigenvalue weighted by atomic mass is 10.1. The van der Waals surface area contributed by atoms with Crippen molar-refractivity contribution in [2.45, 2.75) is 19.4 Å². The number of rotatable bonds is 3. The van der Waals surface area contributed by atoms with Crippen LogP contribution < -0.4 is 0 Å². The lowest BCUT2D eigenvalue weighted by molar-refractivity contribution is 0.240. The zero-order chi connectivity index (χ0) is 8.97. The van der Waals surface area contributed by atoms with Gasteiger partial charge in [0.2, 0.25) is 0 Å². The molecule has 1 rings (SSSR count). The van der Waals surface area contributed by atoms with Crippen molar-refractivity contribution in [3.8, 4) is 0 Å². The Bertz CT molecular complexity index is 256. The van der Waals surface area contributed by atoms with Crippen LogP contribution in [0.5, 0.6) is 0 Å². The van der Waals surface area contributed by atoms with Gasteiger partial charge < -0.3 is 5.11 Å². The first-order valence-electron chi connectivity index (χ1n) is 4.03. The average molecular weight is 180 g/mol. The van der Waals surface area contributed by atoms with Crippen molar-refractivity contribution < 1.29 is 5.11 Å². The van der Waals surface area contributed by atoms with Gasteiger partial charge in [0.05, 0.1) is 11.0 Å². The molecule has 1 aromatic rings. The molecule has 1 N–H and O–H groups in total. The van der Waals surface area contributed by atoms with Gasteiger partial charge in [0.25, 0.3) is 0 Å². The van der Waals surface area contributed by atoms with Gasteiger partial charge in [0.1, 0.15) is 0 Å². The van der Waals surface area contributed by atoms with Crippen molar-refractivity contribution in [2.75, 3.05) is 0 Å². The fraction of sp³-hybridized carbons (Fsp3) is 0.300. The molecular formula is C10H12OS. The third-order valence-corrected chi connectivity index (χ3v) is 2.26. The molecule has 0 bridgehead atoms. The lowest BCUT2D eigenvalue weighted by Crippen LogP contribution is -2.17. The first-order chi connectivity index (χ1) is 5.75. The normalized spacial score (nSPS) is 12.5. The third kappa shape index (κ3) is 2.13. The van der Waals surface area contributed by atoms with Gasteiger partial charge in [-0.25, -0.2) is 0 Å². The number of hydrogen-bond acceptors (Lipinski definition) is 2. The van der Waals surface area contributed by atoms with E-state index in [1.165, 1.54) is 0 Å². The van der Waals surface area contributed by atoms with Gasteiger partial charge in [0.15, 0.2) is 0 Å². The zero-order valence-electron chi connectivity index (χ0n) is 7.03. The highest BCUT2D eigenvalue weighted by Crippen LogP contribution is 2.06. The smallest absolute Gasteiger partial charge is 0.0893 e. The van der Waals surface area contributed by atoms with Crippen LogP contribution in [-0.2, 0) is 0 Å². The number of thiocarbonyl (C=S) groups is 1. The predicted octanol–water partition coefficient (Wildman–Crippen LogP) is 2.18. The largest absolute Gasteiger partial charge is 0.388 e. The molecule has 0 fully saturated rings. The molecule has 0 radical (unpaired) electrons. The zero-order valence-corrected chi connectivity index (χ0v) is 7.84. The molecule has 1 aromatic carbocycles. The Morgan fingerprint density at radius 1 is 1.42 bits per heavy atom. The molecule has 0 amide bonds. The first-order valence-corrected chi connectivity index (χ1v) is 4.44. The molecule has 1 nitrogen and oxygen atoms in total. The van der Waals surface area contributed by atoms with E-state index < -0.39 is 6.10 Å². The van der Waals surface area contributed by atoms with Crippen LogP contribution in [0.2, 0.25) is 0 Å². The Hall–Kier alpha value is -0.730. The number of benzene rings is 1. The van der Waals surface area contributed by atoms with Crippen molar-refractivity contribution >= 4 is 17.1 Å². The van der Waals surface area contributed by atoms with Crippen LogP contribution in [0.3, 0.4) is 0 Å². The summed E-state index contributed by atoms with van der Waals surface area (Å²) in [5.74, 6) is 0. The van der Waals surface area contributed by atoms with Gasteiger partial charge in [-0.3, -0.25) is 0 Å². The minimum Gasteiger partial charge on any atom is -0.388 e. The Labute approximate surface area is 78.0 Å². The van der Waals surface area contributed by atoms with Crippen molar-refractivity contribution in [1.82, 2.24) is 0 Å². The lowest BCUT2D eigenvalue weighted by Gasteiger charge is -2.08. The first kappa shape index (κ1) is 9.36. The van der Waals surface area contributed by atoms with Gasteiger partial charge in [-0.1, -0.05) is 49.5 Å². The van der Waals surface area contributed by atoms with E-state index in [1.807, 2.05) is 37.3 Å². The summed E-state index contributed by atoms with van der Waals surface area (Å²) in [4.78, 5) is 0.637. The van der Waals surface area contributed by atoms with Crippen molar-refractivity contribution in [2.24, 2.45) is 0 Å². The average Bonchev–Trinajstić information content (AvgIpc) is 2.17. The molecule has 0 saturated carbocycles. The van der Waals surface area contributed by atoms with Gasteiger partial charge >= 0.3 is 0 Å². The highest BCUT2D eigenvalue weighted by atomic mass is 32.1. The summed E-state index contributed by atoms with van der Waals surface area (Å²) in [6, 6.07) is 9.61. The summed E-state index contributed by atoms with van der Waals surface area (Å²) in [7, 11) is 0. The van der Waals surface area contributed by atoms with E-state index in [-0.39, 0.29) is 0 Å². The second-order valence-corrected chi connectivity index (χ2v) is 3.09. The number of aliphatic hydroxyl groups is 1. The second-order valence-electron chi connectivity index (χ2n) is 2.65. The van der Waals surface area contributed by atoms with E-state index in [0.717, 1.165) is 5.56 Å². The van der Waals surface area contributed by atoms with E-state index >= 15 is 0 Å². The molecule has 0 saturated heterocycles. The van der Waals surface area contributed by atoms with E-state index in [9.17, 15) is 5.11 Å². The predicted molar refractivity (Wildman–Crippen MR) is 54.4 cm³/mol. The molecule has 0 aromatic heterocycles. The van der Waals surface area contributed by atoms with Crippen LogP contribution in [0.1, 0.15) is 18.9 Å². The van der Waals surface area contributed by atoms with Crippen molar-refractivity contribution in [1.29, 1.82) is 0 Å². The Morgan fingerprint density at radius 3 is 2.50 bits per heavy atom. The molecule has 0 aliphatic rings. The fourth-order valence-corrected chi connectivity index (χ4v) is 1.28. The SMILES string of the molecule is CCC(O)C(=S)c1ccccc1. The van der Waals surface area contributed by atoms with Gasteiger partial charge in [-0.15, -0.1) is 0 Å². The van der Waals surface area contributed by atoms with Crippen LogP contribution in [0, 0.1) is 0 Å². The van der Waals surface area contributed by atoms with Crippen LogP contribution in [0.15, 0.2) is 30.3 Å². The van der Waals surface area contributed by atoms with Crippen LogP contribution in [0.25, 0.3) is 0 Å². The standard InChI is InChI=1S/C10H12OS/c1-2-9(11)10(12)8-6-4-3-5-7-8/h3-7,9,11H,2H2,1H3. The Morgan fingerprint density at radius 2 is 2.00 bits per heavy atom. The molecule has 0 aliphatic heterocycles. The molecule has 0 heterocycles. The Balaban J connectivity index is 2.79. The summed E-state index contributed by atoms with van der Waals surface area (Å²) in [5, 5.41) is 9.44. The molecule has 2 heteroatoms. The molecule has 1 unspecified atom stereocenters. The summed E-state index contributed by atoms with van der Waals surface area (Å²) in [6.45, 7) is 1.92. The topological polar surface area (TPSA) is 20.2 Å². The Kier molecular flexibility index (Phi) is 3.38. The minimum absolute atomic E-state index is 0.484. The molecule has 12 heavy (non-hydrogen) atoms. The third-order valence-electron chi connectivity index (χ3n) is 1.75. The van der Waals surface area contributed by atoms with E-state index in [1.54, 1.807) is 0 Å². The molecular weight excluding hydrogens is 168 g/mol. The number of hydrogen-bond donors (Lipinski definition) is 1. The molecule has 1 atom stereocenters. The summed E-state index contributed by atoms with van der Waals surface area (Å²) < 4.78 is 0. The second kappa shape index (κ2) is 4.33. The van der Waals surface area contributed by atoms with E-state index in [0.29, 0.717) is 11.3 Å². The summed E-state index contributed by atoms with van der Waals surface area (Å²) in [5.41, 5.74) is 0.946. The molecule has 0 aliphatic carbocycles. The van der Waals surface area contributed by atoms with E-state index in [2.05, 4.69) is 0 Å². The van der Waals surface area contributed by atoms with Crippen LogP contribution in [0.4, 0.5) is 0 Å². The summed E-state index contributed by atoms with van der Waals surface area (Å²) in [6.07, 6.45) is 0.190. The maximum Gasteiger partial charge on any atom is 0.0893 e. The van der Waals surface area contributed by atoms with Gasteiger partial charge in [0, 0.05) is 0 Å². The van der Waals surface area contributed by atoms with Gasteiger partial charge in [-0.2, -0.15) is 0 Å². The number of aliphatic hydroxyl groups excluding tert-OH is 1. The summed E-state index contributed by atoms with van der Waals surface area (Å²) >= 11 is 5.09. The van der Waals surface area contributed by atoms with E-state index in [4.69, 9.17) is 12.2 Å². The monoisotopic (exact) mass is 180 g/mol. The van der Waals surface area contributed by atoms with Crippen molar-refractivity contribution in [3.63, 3.8) is 0 Å². The fourth-order valence-electron chi connectivity index (χ4n) is 0.980. The highest BCUT2D eigenvalue weighted by Gasteiger charge is 2.08. The molecule has 0 spiro atoms. The van der Waals surface area contributed by atoms with Crippen LogP contribution in [-0.4, -0.2) is 16.1 Å². The van der Waals surface area contributed by atoms with Gasteiger partial charge in [-0.05, 0) is 12.0 Å². The maximum atomic E-state index is 9.44. The molecule has 64 valence electrons. The van der Waals surface area contributed by atoms with Crippen molar-refractivity contribution in [3.05, 3.63) is 35.9 Å².